The predicted molar refractivity (Wildman–Crippen MR) is 85.4 cm³/mol. The zero-order valence-electron chi connectivity index (χ0n) is 11.2. The molecule has 0 unspecified atom stereocenters. The summed E-state index contributed by atoms with van der Waals surface area (Å²) in [4.78, 5) is 18.1. The zero-order chi connectivity index (χ0) is 14.7. The molecule has 0 radical (unpaired) electrons. The molecule has 3 nitrogen and oxygen atoms in total. The fraction of sp³-hybridized carbons (Fsp3) is 0.0588. The van der Waals surface area contributed by atoms with E-state index in [1.807, 2.05) is 42.5 Å². The number of carbonyl (C=O) groups excluding carboxylic acids is 1. The van der Waals surface area contributed by atoms with Crippen molar-refractivity contribution in [3.05, 3.63) is 70.5 Å². The predicted octanol–water partition coefficient (Wildman–Crippen LogP) is 4.02. The molecule has 0 spiro atoms. The highest BCUT2D eigenvalue weighted by atomic mass is 35.5. The van der Waals surface area contributed by atoms with Gasteiger partial charge >= 0.3 is 0 Å². The molecule has 0 bridgehead atoms. The second-order valence-corrected chi connectivity index (χ2v) is 5.19. The summed E-state index contributed by atoms with van der Waals surface area (Å²) in [6, 6.07) is 13.6. The molecule has 0 fully saturated rings. The number of halogens is 1. The van der Waals surface area contributed by atoms with Crippen LogP contribution in [-0.2, 0) is 11.2 Å². The van der Waals surface area contributed by atoms with E-state index < -0.39 is 0 Å². The van der Waals surface area contributed by atoms with Gasteiger partial charge in [0.25, 0.3) is 0 Å². The molecule has 1 aromatic heterocycles. The summed E-state index contributed by atoms with van der Waals surface area (Å²) in [6.07, 6.45) is 4.76. The molecular formula is C17H13ClN2O. The van der Waals surface area contributed by atoms with E-state index in [9.17, 15) is 4.79 Å². The van der Waals surface area contributed by atoms with Crippen molar-refractivity contribution < 1.29 is 4.79 Å². The summed E-state index contributed by atoms with van der Waals surface area (Å²) in [5, 5.41) is 0.698. The summed E-state index contributed by atoms with van der Waals surface area (Å²) < 4.78 is 0. The maximum absolute atomic E-state index is 10.3. The van der Waals surface area contributed by atoms with E-state index in [-0.39, 0.29) is 0 Å². The second kappa shape index (κ2) is 5.94. The zero-order valence-corrected chi connectivity index (χ0v) is 12.0. The lowest BCUT2D eigenvalue weighted by atomic mass is 10.1. The number of fused-ring (bicyclic) bond motifs is 1. The van der Waals surface area contributed by atoms with Gasteiger partial charge in [0.2, 0.25) is 0 Å². The smallest absolute Gasteiger partial charge is 0.142 e. The molecule has 0 aliphatic heterocycles. The lowest BCUT2D eigenvalue weighted by molar-refractivity contribution is -0.104. The Hall–Kier alpha value is -2.39. The molecule has 21 heavy (non-hydrogen) atoms. The van der Waals surface area contributed by atoms with Crippen LogP contribution in [0.3, 0.4) is 0 Å². The number of aromatic nitrogens is 2. The molecule has 1 N–H and O–H groups in total. The molecule has 0 atom stereocenters. The molecule has 2 aromatic carbocycles. The van der Waals surface area contributed by atoms with Gasteiger partial charge in [0.1, 0.15) is 12.1 Å². The van der Waals surface area contributed by atoms with E-state index >= 15 is 0 Å². The topological polar surface area (TPSA) is 45.8 Å². The number of imidazole rings is 1. The van der Waals surface area contributed by atoms with Crippen LogP contribution in [0.15, 0.2) is 48.5 Å². The Morgan fingerprint density at radius 3 is 2.71 bits per heavy atom. The molecular weight excluding hydrogens is 284 g/mol. The SMILES string of the molecule is O=C/C=C/c1ccc(Cc2nc3ccc(Cl)cc3[nH]2)cc1. The van der Waals surface area contributed by atoms with Crippen molar-refractivity contribution in [3.8, 4) is 0 Å². The maximum Gasteiger partial charge on any atom is 0.142 e. The van der Waals surface area contributed by atoms with Crippen LogP contribution in [0, 0.1) is 0 Å². The Balaban J connectivity index is 1.81. The van der Waals surface area contributed by atoms with Crippen LogP contribution in [0.5, 0.6) is 0 Å². The van der Waals surface area contributed by atoms with Crippen molar-refractivity contribution >= 4 is 35.0 Å². The third-order valence-corrected chi connectivity index (χ3v) is 3.45. The van der Waals surface area contributed by atoms with Gasteiger partial charge in [0.15, 0.2) is 0 Å². The fourth-order valence-corrected chi connectivity index (χ4v) is 2.38. The number of hydrogen-bond acceptors (Lipinski definition) is 2. The summed E-state index contributed by atoms with van der Waals surface area (Å²) in [6.45, 7) is 0. The second-order valence-electron chi connectivity index (χ2n) is 4.76. The van der Waals surface area contributed by atoms with Gasteiger partial charge in [0, 0.05) is 11.4 Å². The van der Waals surface area contributed by atoms with Crippen molar-refractivity contribution in [1.29, 1.82) is 0 Å². The summed E-state index contributed by atoms with van der Waals surface area (Å²) in [5.41, 5.74) is 4.02. The van der Waals surface area contributed by atoms with Crippen molar-refractivity contribution in [2.24, 2.45) is 0 Å². The molecule has 0 amide bonds. The number of H-pyrrole nitrogens is 1. The number of nitrogens with one attached hydrogen (secondary N) is 1. The monoisotopic (exact) mass is 296 g/mol. The number of aromatic amines is 1. The lowest BCUT2D eigenvalue weighted by Crippen LogP contribution is -1.90. The summed E-state index contributed by atoms with van der Waals surface area (Å²) in [5.74, 6) is 0.906. The molecule has 0 saturated heterocycles. The Kier molecular flexibility index (Phi) is 3.84. The van der Waals surface area contributed by atoms with Crippen LogP contribution in [0.25, 0.3) is 17.1 Å². The molecule has 3 rings (SSSR count). The number of benzene rings is 2. The average Bonchev–Trinajstić information content (AvgIpc) is 2.88. The molecule has 0 saturated carbocycles. The van der Waals surface area contributed by atoms with Gasteiger partial charge in [-0.15, -0.1) is 0 Å². The first-order valence-corrected chi connectivity index (χ1v) is 6.97. The van der Waals surface area contributed by atoms with Crippen LogP contribution < -0.4 is 0 Å². The van der Waals surface area contributed by atoms with E-state index in [0.29, 0.717) is 5.02 Å². The standard InChI is InChI=1S/C17H13ClN2O/c18-14-7-8-15-16(11-14)20-17(19-15)10-13-5-3-12(4-6-13)2-1-9-21/h1-9,11H,10H2,(H,19,20)/b2-1+. The first kappa shape index (κ1) is 13.6. The van der Waals surface area contributed by atoms with Crippen molar-refractivity contribution in [2.45, 2.75) is 6.42 Å². The molecule has 4 heteroatoms. The van der Waals surface area contributed by atoms with Gasteiger partial charge in [-0.25, -0.2) is 4.98 Å². The average molecular weight is 297 g/mol. The van der Waals surface area contributed by atoms with Crippen LogP contribution in [0.1, 0.15) is 17.0 Å². The maximum atomic E-state index is 10.3. The van der Waals surface area contributed by atoms with Gasteiger partial charge in [-0.3, -0.25) is 4.79 Å². The van der Waals surface area contributed by atoms with Gasteiger partial charge in [-0.1, -0.05) is 41.9 Å². The molecule has 0 aliphatic rings. The largest absolute Gasteiger partial charge is 0.342 e. The first-order valence-electron chi connectivity index (χ1n) is 6.59. The molecule has 0 aliphatic carbocycles. The van der Waals surface area contributed by atoms with Gasteiger partial charge in [-0.05, 0) is 35.4 Å². The third-order valence-electron chi connectivity index (χ3n) is 3.21. The van der Waals surface area contributed by atoms with Gasteiger partial charge in [-0.2, -0.15) is 0 Å². The summed E-state index contributed by atoms with van der Waals surface area (Å²) in [7, 11) is 0. The van der Waals surface area contributed by atoms with E-state index in [4.69, 9.17) is 11.6 Å². The minimum atomic E-state index is 0.698. The highest BCUT2D eigenvalue weighted by Gasteiger charge is 2.04. The Labute approximate surface area is 127 Å². The quantitative estimate of drug-likeness (QED) is 0.584. The number of allylic oxidation sites excluding steroid dienone is 1. The van der Waals surface area contributed by atoms with Crippen molar-refractivity contribution in [3.63, 3.8) is 0 Å². The lowest BCUT2D eigenvalue weighted by Gasteiger charge is -1.99. The molecule has 104 valence electrons. The molecule has 1 heterocycles. The van der Waals surface area contributed by atoms with Crippen molar-refractivity contribution in [1.82, 2.24) is 9.97 Å². The van der Waals surface area contributed by atoms with E-state index in [1.165, 1.54) is 6.08 Å². The van der Waals surface area contributed by atoms with Crippen LogP contribution in [0.4, 0.5) is 0 Å². The Bertz CT molecular complexity index is 803. The van der Waals surface area contributed by atoms with Crippen LogP contribution in [-0.4, -0.2) is 16.3 Å². The van der Waals surface area contributed by atoms with Crippen molar-refractivity contribution in [2.75, 3.05) is 0 Å². The number of nitrogens with zero attached hydrogens (tertiary/aromatic N) is 1. The fourth-order valence-electron chi connectivity index (χ4n) is 2.21. The highest BCUT2D eigenvalue weighted by Crippen LogP contribution is 2.18. The third kappa shape index (κ3) is 3.20. The number of hydrogen-bond donors (Lipinski definition) is 1. The van der Waals surface area contributed by atoms with E-state index in [1.54, 1.807) is 6.08 Å². The van der Waals surface area contributed by atoms with Crippen LogP contribution >= 0.6 is 11.6 Å². The normalized spacial score (nSPS) is 11.3. The Morgan fingerprint density at radius 1 is 1.14 bits per heavy atom. The van der Waals surface area contributed by atoms with E-state index in [2.05, 4.69) is 9.97 Å². The van der Waals surface area contributed by atoms with E-state index in [0.717, 1.165) is 40.7 Å². The number of aldehydes is 1. The summed E-state index contributed by atoms with van der Waals surface area (Å²) >= 11 is 5.97. The van der Waals surface area contributed by atoms with Gasteiger partial charge in [0.05, 0.1) is 11.0 Å². The minimum Gasteiger partial charge on any atom is -0.342 e. The Morgan fingerprint density at radius 2 is 1.95 bits per heavy atom. The number of carbonyl (C=O) groups is 1. The first-order chi connectivity index (χ1) is 10.2. The highest BCUT2D eigenvalue weighted by molar-refractivity contribution is 6.31. The van der Waals surface area contributed by atoms with Gasteiger partial charge < -0.3 is 4.98 Å². The minimum absolute atomic E-state index is 0.698. The number of rotatable bonds is 4. The molecule has 3 aromatic rings. The van der Waals surface area contributed by atoms with Crippen LogP contribution in [0.2, 0.25) is 5.02 Å².